The first-order valence-corrected chi connectivity index (χ1v) is 6.44. The molecule has 0 unspecified atom stereocenters. The Morgan fingerprint density at radius 2 is 2.19 bits per heavy atom. The molecule has 2 aromatic heterocycles. The third-order valence-electron chi connectivity index (χ3n) is 2.88. The van der Waals surface area contributed by atoms with E-state index in [0.717, 1.165) is 5.69 Å². The molecule has 0 amide bonds. The highest BCUT2D eigenvalue weighted by atomic mass is 35.5. The van der Waals surface area contributed by atoms with Crippen LogP contribution >= 0.6 is 11.6 Å². The number of benzene rings is 1. The van der Waals surface area contributed by atoms with E-state index < -0.39 is 0 Å². The first-order chi connectivity index (χ1) is 10.0. The number of rotatable bonds is 3. The van der Waals surface area contributed by atoms with Crippen LogP contribution in [-0.4, -0.2) is 26.6 Å². The lowest BCUT2D eigenvalue weighted by Gasteiger charge is -2.15. The number of halogens is 1. The average molecular weight is 305 g/mol. The van der Waals surface area contributed by atoms with Gasteiger partial charge in [-0.05, 0) is 18.2 Å². The molecule has 0 saturated carbocycles. The number of anilines is 4. The molecule has 2 heterocycles. The third-order valence-corrected chi connectivity index (χ3v) is 3.14. The van der Waals surface area contributed by atoms with E-state index in [-0.39, 0.29) is 5.15 Å². The molecule has 0 aliphatic rings. The standard InChI is InChI=1S/C12H13ClN8/c1-20(15)9-6-7(2-3-8(9)14)17-12-18-11-10(13)16-4-5-21(11)19-12/h2-6H,14-15H2,1H3,(H,17,19). The largest absolute Gasteiger partial charge is 0.397 e. The van der Waals surface area contributed by atoms with E-state index in [1.807, 2.05) is 6.07 Å². The quantitative estimate of drug-likeness (QED) is 0.381. The van der Waals surface area contributed by atoms with E-state index in [0.29, 0.717) is 23.0 Å². The fourth-order valence-corrected chi connectivity index (χ4v) is 2.08. The van der Waals surface area contributed by atoms with Crippen molar-refractivity contribution >= 4 is 40.3 Å². The first kappa shape index (κ1) is 13.4. The summed E-state index contributed by atoms with van der Waals surface area (Å²) in [6.07, 6.45) is 3.22. The SMILES string of the molecule is CN(N)c1cc(Nc2nc3c(Cl)nccn3n2)ccc1N. The summed E-state index contributed by atoms with van der Waals surface area (Å²) in [4.78, 5) is 8.23. The molecular formula is C12H13ClN8. The number of nitrogens with two attached hydrogens (primary N) is 2. The normalized spacial score (nSPS) is 10.8. The Labute approximate surface area is 125 Å². The van der Waals surface area contributed by atoms with Crippen molar-refractivity contribution in [3.8, 4) is 0 Å². The molecule has 0 bridgehead atoms. The monoisotopic (exact) mass is 304 g/mol. The number of nitrogens with one attached hydrogen (secondary N) is 1. The van der Waals surface area contributed by atoms with E-state index >= 15 is 0 Å². The number of aromatic nitrogens is 4. The van der Waals surface area contributed by atoms with E-state index in [4.69, 9.17) is 23.2 Å². The summed E-state index contributed by atoms with van der Waals surface area (Å²) in [7, 11) is 1.71. The third kappa shape index (κ3) is 2.54. The Morgan fingerprint density at radius 1 is 1.38 bits per heavy atom. The second-order valence-electron chi connectivity index (χ2n) is 4.43. The molecular weight excluding hydrogens is 292 g/mol. The van der Waals surface area contributed by atoms with Crippen molar-refractivity contribution in [1.29, 1.82) is 0 Å². The molecule has 0 aliphatic heterocycles. The zero-order chi connectivity index (χ0) is 15.0. The second-order valence-corrected chi connectivity index (χ2v) is 4.79. The highest BCUT2D eigenvalue weighted by Crippen LogP contribution is 2.26. The molecule has 5 N–H and O–H groups in total. The van der Waals surface area contributed by atoms with Gasteiger partial charge < -0.3 is 16.1 Å². The van der Waals surface area contributed by atoms with E-state index in [2.05, 4.69) is 20.4 Å². The van der Waals surface area contributed by atoms with Gasteiger partial charge in [0.1, 0.15) is 0 Å². The van der Waals surface area contributed by atoms with Crippen LogP contribution in [0.3, 0.4) is 0 Å². The summed E-state index contributed by atoms with van der Waals surface area (Å²) in [5.41, 5.74) is 8.38. The van der Waals surface area contributed by atoms with Crippen LogP contribution in [0.4, 0.5) is 23.0 Å². The Hall–Kier alpha value is -2.58. The Balaban J connectivity index is 1.95. The highest BCUT2D eigenvalue weighted by Gasteiger charge is 2.09. The van der Waals surface area contributed by atoms with Crippen LogP contribution in [0.2, 0.25) is 5.15 Å². The average Bonchev–Trinajstić information content (AvgIpc) is 2.85. The maximum absolute atomic E-state index is 5.96. The van der Waals surface area contributed by atoms with Gasteiger partial charge in [0.25, 0.3) is 0 Å². The fraction of sp³-hybridized carbons (Fsp3) is 0.0833. The Kier molecular flexibility index (Phi) is 3.24. The van der Waals surface area contributed by atoms with Gasteiger partial charge in [-0.25, -0.2) is 15.3 Å². The Morgan fingerprint density at radius 3 is 2.90 bits per heavy atom. The van der Waals surface area contributed by atoms with Gasteiger partial charge in [-0.3, -0.25) is 0 Å². The van der Waals surface area contributed by atoms with E-state index in [9.17, 15) is 0 Å². The number of fused-ring (bicyclic) bond motifs is 1. The molecule has 1 aromatic carbocycles. The molecule has 8 nitrogen and oxygen atoms in total. The molecule has 9 heteroatoms. The second kappa shape index (κ2) is 5.08. The number of hydrazine groups is 1. The Bertz CT molecular complexity index is 797. The van der Waals surface area contributed by atoms with Crippen LogP contribution in [0.5, 0.6) is 0 Å². The smallest absolute Gasteiger partial charge is 0.247 e. The van der Waals surface area contributed by atoms with Crippen molar-refractivity contribution < 1.29 is 0 Å². The van der Waals surface area contributed by atoms with Crippen molar-refractivity contribution in [3.05, 3.63) is 35.7 Å². The maximum Gasteiger partial charge on any atom is 0.247 e. The number of hydrogen-bond acceptors (Lipinski definition) is 7. The molecule has 0 fully saturated rings. The van der Waals surface area contributed by atoms with Crippen LogP contribution in [-0.2, 0) is 0 Å². The van der Waals surface area contributed by atoms with Gasteiger partial charge in [-0.15, -0.1) is 5.10 Å². The molecule has 0 atom stereocenters. The molecule has 0 aliphatic carbocycles. The summed E-state index contributed by atoms with van der Waals surface area (Å²) < 4.78 is 1.55. The van der Waals surface area contributed by atoms with E-state index in [1.54, 1.807) is 36.1 Å². The number of nitrogen functional groups attached to an aromatic ring is 1. The highest BCUT2D eigenvalue weighted by molar-refractivity contribution is 6.32. The number of hydrogen-bond donors (Lipinski definition) is 3. The van der Waals surface area contributed by atoms with Crippen LogP contribution in [0, 0.1) is 0 Å². The zero-order valence-electron chi connectivity index (χ0n) is 11.2. The summed E-state index contributed by atoms with van der Waals surface area (Å²) in [5.74, 6) is 6.13. The van der Waals surface area contributed by atoms with Crippen LogP contribution in [0.15, 0.2) is 30.6 Å². The zero-order valence-corrected chi connectivity index (χ0v) is 11.9. The summed E-state index contributed by atoms with van der Waals surface area (Å²) in [6.45, 7) is 0. The van der Waals surface area contributed by atoms with Gasteiger partial charge in [0, 0.05) is 25.1 Å². The van der Waals surface area contributed by atoms with Crippen LogP contribution < -0.4 is 21.9 Å². The van der Waals surface area contributed by atoms with Crippen molar-refractivity contribution in [2.24, 2.45) is 5.84 Å². The van der Waals surface area contributed by atoms with Gasteiger partial charge in [-0.1, -0.05) is 11.6 Å². The predicted molar refractivity (Wildman–Crippen MR) is 82.5 cm³/mol. The number of nitrogens with zero attached hydrogens (tertiary/aromatic N) is 5. The predicted octanol–water partition coefficient (Wildman–Crippen LogP) is 1.41. The van der Waals surface area contributed by atoms with Gasteiger partial charge >= 0.3 is 0 Å². The van der Waals surface area contributed by atoms with Gasteiger partial charge in [-0.2, -0.15) is 4.98 Å². The molecule has 3 aromatic rings. The van der Waals surface area contributed by atoms with Crippen LogP contribution in [0.25, 0.3) is 5.65 Å². The van der Waals surface area contributed by atoms with E-state index in [1.165, 1.54) is 5.01 Å². The van der Waals surface area contributed by atoms with Crippen molar-refractivity contribution in [1.82, 2.24) is 19.6 Å². The molecule has 0 radical (unpaired) electrons. The summed E-state index contributed by atoms with van der Waals surface area (Å²) >= 11 is 5.96. The minimum atomic E-state index is 0.290. The van der Waals surface area contributed by atoms with Gasteiger partial charge in [0.15, 0.2) is 10.8 Å². The minimum absolute atomic E-state index is 0.290. The first-order valence-electron chi connectivity index (χ1n) is 6.06. The maximum atomic E-state index is 5.96. The molecule has 108 valence electrons. The molecule has 0 saturated heterocycles. The van der Waals surface area contributed by atoms with Gasteiger partial charge in [0.05, 0.1) is 11.4 Å². The molecule has 3 rings (SSSR count). The summed E-state index contributed by atoms with van der Waals surface area (Å²) in [5, 5.41) is 9.07. The van der Waals surface area contributed by atoms with Crippen molar-refractivity contribution in [2.45, 2.75) is 0 Å². The van der Waals surface area contributed by atoms with Crippen LogP contribution in [0.1, 0.15) is 0 Å². The summed E-state index contributed by atoms with van der Waals surface area (Å²) in [6, 6.07) is 5.38. The topological polar surface area (TPSA) is 110 Å². The lowest BCUT2D eigenvalue weighted by atomic mass is 10.2. The lowest BCUT2D eigenvalue weighted by molar-refractivity contribution is 0.950. The lowest BCUT2D eigenvalue weighted by Crippen LogP contribution is -2.26. The fourth-order valence-electron chi connectivity index (χ4n) is 1.90. The minimum Gasteiger partial charge on any atom is -0.397 e. The van der Waals surface area contributed by atoms with Gasteiger partial charge in [0.2, 0.25) is 5.95 Å². The van der Waals surface area contributed by atoms with Crippen molar-refractivity contribution in [2.75, 3.05) is 23.1 Å². The molecule has 21 heavy (non-hydrogen) atoms. The van der Waals surface area contributed by atoms with Crippen molar-refractivity contribution in [3.63, 3.8) is 0 Å². The molecule has 0 spiro atoms.